The Morgan fingerprint density at radius 1 is 0.722 bits per heavy atom. The Labute approximate surface area is 107 Å². The van der Waals surface area contributed by atoms with Gasteiger partial charge in [0, 0.05) is 18.0 Å². The molecule has 3 N–H and O–H groups in total. The highest BCUT2D eigenvalue weighted by Gasteiger charge is 1.96. The zero-order chi connectivity index (χ0) is 12.8. The van der Waals surface area contributed by atoms with E-state index in [1.807, 2.05) is 48.5 Å². The van der Waals surface area contributed by atoms with Crippen LogP contribution in [0.15, 0.2) is 48.5 Å². The fourth-order valence-electron chi connectivity index (χ4n) is 1.74. The van der Waals surface area contributed by atoms with E-state index in [2.05, 4.69) is 5.32 Å². The summed E-state index contributed by atoms with van der Waals surface area (Å²) in [5.74, 6) is 0. The maximum absolute atomic E-state index is 8.96. The number of hydrogen-bond donors (Lipinski definition) is 3. The lowest BCUT2D eigenvalue weighted by Gasteiger charge is -2.08. The largest absolute Gasteiger partial charge is 0.396 e. The first-order valence-corrected chi connectivity index (χ1v) is 5.98. The highest BCUT2D eigenvalue weighted by atomic mass is 16.3. The molecule has 0 saturated carbocycles. The molecule has 2 aromatic carbocycles. The Kier molecular flexibility index (Phi) is 4.34. The molecule has 0 heterocycles. The quantitative estimate of drug-likeness (QED) is 0.756. The molecule has 18 heavy (non-hydrogen) atoms. The van der Waals surface area contributed by atoms with Crippen molar-refractivity contribution in [2.24, 2.45) is 0 Å². The maximum Gasteiger partial charge on any atom is 0.0681 e. The zero-order valence-electron chi connectivity index (χ0n) is 10.1. The molecule has 2 aromatic rings. The molecule has 0 radical (unpaired) electrons. The van der Waals surface area contributed by atoms with E-state index in [1.54, 1.807) is 0 Å². The summed E-state index contributed by atoms with van der Waals surface area (Å²) in [7, 11) is 0. The Morgan fingerprint density at radius 2 is 1.22 bits per heavy atom. The number of hydrogen-bond acceptors (Lipinski definition) is 3. The SMILES string of the molecule is OCCc1ccc(Nc2ccc(CO)cc2)cc1. The van der Waals surface area contributed by atoms with Gasteiger partial charge in [-0.15, -0.1) is 0 Å². The monoisotopic (exact) mass is 243 g/mol. The predicted molar refractivity (Wildman–Crippen MR) is 72.9 cm³/mol. The van der Waals surface area contributed by atoms with Crippen LogP contribution in [0.1, 0.15) is 11.1 Å². The van der Waals surface area contributed by atoms with Gasteiger partial charge in [-0.2, -0.15) is 0 Å². The number of nitrogens with one attached hydrogen (secondary N) is 1. The van der Waals surface area contributed by atoms with Gasteiger partial charge in [-0.05, 0) is 41.8 Å². The van der Waals surface area contributed by atoms with E-state index in [0.29, 0.717) is 6.42 Å². The van der Waals surface area contributed by atoms with Crippen LogP contribution in [-0.2, 0) is 13.0 Å². The average Bonchev–Trinajstić information content (AvgIpc) is 2.42. The Bertz CT molecular complexity index is 477. The van der Waals surface area contributed by atoms with Crippen molar-refractivity contribution in [3.8, 4) is 0 Å². The van der Waals surface area contributed by atoms with Crippen molar-refractivity contribution in [2.45, 2.75) is 13.0 Å². The van der Waals surface area contributed by atoms with Crippen LogP contribution in [0, 0.1) is 0 Å². The van der Waals surface area contributed by atoms with Crippen molar-refractivity contribution in [2.75, 3.05) is 11.9 Å². The van der Waals surface area contributed by atoms with E-state index < -0.39 is 0 Å². The minimum absolute atomic E-state index is 0.0656. The molecule has 2 rings (SSSR count). The maximum atomic E-state index is 8.96. The minimum atomic E-state index is 0.0656. The molecule has 0 saturated heterocycles. The van der Waals surface area contributed by atoms with Gasteiger partial charge in [-0.3, -0.25) is 0 Å². The van der Waals surface area contributed by atoms with Gasteiger partial charge in [0.1, 0.15) is 0 Å². The summed E-state index contributed by atoms with van der Waals surface area (Å²) in [6, 6.07) is 15.6. The Hall–Kier alpha value is -1.84. The van der Waals surface area contributed by atoms with Gasteiger partial charge in [-0.1, -0.05) is 24.3 Å². The molecule has 0 unspecified atom stereocenters. The number of benzene rings is 2. The molecule has 0 amide bonds. The van der Waals surface area contributed by atoms with Crippen LogP contribution >= 0.6 is 0 Å². The first-order valence-electron chi connectivity index (χ1n) is 5.98. The van der Waals surface area contributed by atoms with Crippen molar-refractivity contribution < 1.29 is 10.2 Å². The predicted octanol–water partition coefficient (Wildman–Crippen LogP) is 2.46. The molecule has 0 fully saturated rings. The van der Waals surface area contributed by atoms with Gasteiger partial charge in [-0.25, -0.2) is 0 Å². The zero-order valence-corrected chi connectivity index (χ0v) is 10.1. The molecule has 0 aliphatic rings. The summed E-state index contributed by atoms with van der Waals surface area (Å²) >= 11 is 0. The summed E-state index contributed by atoms with van der Waals surface area (Å²) < 4.78 is 0. The number of anilines is 2. The molecule has 0 aliphatic carbocycles. The highest BCUT2D eigenvalue weighted by molar-refractivity contribution is 5.60. The van der Waals surface area contributed by atoms with Crippen molar-refractivity contribution in [3.05, 3.63) is 59.7 Å². The van der Waals surface area contributed by atoms with Gasteiger partial charge < -0.3 is 15.5 Å². The van der Waals surface area contributed by atoms with Crippen LogP contribution in [0.4, 0.5) is 11.4 Å². The minimum Gasteiger partial charge on any atom is -0.396 e. The number of aliphatic hydroxyl groups is 2. The third kappa shape index (κ3) is 3.32. The van der Waals surface area contributed by atoms with Gasteiger partial charge in [0.2, 0.25) is 0 Å². The summed E-state index contributed by atoms with van der Waals surface area (Å²) in [5.41, 5.74) is 4.02. The Morgan fingerprint density at radius 3 is 1.67 bits per heavy atom. The van der Waals surface area contributed by atoms with Crippen LogP contribution in [0.25, 0.3) is 0 Å². The van der Waals surface area contributed by atoms with Crippen LogP contribution in [0.2, 0.25) is 0 Å². The van der Waals surface area contributed by atoms with E-state index in [0.717, 1.165) is 22.5 Å². The smallest absolute Gasteiger partial charge is 0.0681 e. The molecule has 0 bridgehead atoms. The topological polar surface area (TPSA) is 52.5 Å². The lowest BCUT2D eigenvalue weighted by molar-refractivity contribution is 0.282. The summed E-state index contributed by atoms with van der Waals surface area (Å²) in [6.45, 7) is 0.242. The van der Waals surface area contributed by atoms with E-state index in [9.17, 15) is 0 Å². The molecular formula is C15H17NO2. The first kappa shape index (κ1) is 12.6. The highest BCUT2D eigenvalue weighted by Crippen LogP contribution is 2.17. The van der Waals surface area contributed by atoms with Gasteiger partial charge >= 0.3 is 0 Å². The second-order valence-corrected chi connectivity index (χ2v) is 4.15. The summed E-state index contributed by atoms with van der Waals surface area (Å²) in [5, 5.41) is 21.1. The van der Waals surface area contributed by atoms with Crippen molar-refractivity contribution in [1.29, 1.82) is 0 Å². The molecule has 3 nitrogen and oxygen atoms in total. The fourth-order valence-corrected chi connectivity index (χ4v) is 1.74. The molecule has 94 valence electrons. The van der Waals surface area contributed by atoms with Gasteiger partial charge in [0.15, 0.2) is 0 Å². The lowest BCUT2D eigenvalue weighted by Crippen LogP contribution is -1.93. The number of rotatable bonds is 5. The normalized spacial score (nSPS) is 10.3. The van der Waals surface area contributed by atoms with E-state index >= 15 is 0 Å². The average molecular weight is 243 g/mol. The molecule has 0 spiro atoms. The molecule has 3 heteroatoms. The van der Waals surface area contributed by atoms with E-state index in [4.69, 9.17) is 10.2 Å². The standard InChI is InChI=1S/C15H17NO2/c17-10-9-12-1-5-14(6-2-12)16-15-7-3-13(11-18)4-8-15/h1-8,16-18H,9-11H2. The second-order valence-electron chi connectivity index (χ2n) is 4.15. The lowest BCUT2D eigenvalue weighted by atomic mass is 10.1. The van der Waals surface area contributed by atoms with E-state index in [1.165, 1.54) is 0 Å². The van der Waals surface area contributed by atoms with Crippen LogP contribution in [0.5, 0.6) is 0 Å². The van der Waals surface area contributed by atoms with Crippen molar-refractivity contribution in [3.63, 3.8) is 0 Å². The number of aliphatic hydroxyl groups excluding tert-OH is 2. The van der Waals surface area contributed by atoms with Gasteiger partial charge in [0.05, 0.1) is 6.61 Å². The van der Waals surface area contributed by atoms with Crippen LogP contribution in [0.3, 0.4) is 0 Å². The van der Waals surface area contributed by atoms with Crippen LogP contribution < -0.4 is 5.32 Å². The fraction of sp³-hybridized carbons (Fsp3) is 0.200. The third-order valence-corrected chi connectivity index (χ3v) is 2.78. The summed E-state index contributed by atoms with van der Waals surface area (Å²) in [4.78, 5) is 0. The second kappa shape index (κ2) is 6.19. The Balaban J connectivity index is 2.03. The molecular weight excluding hydrogens is 226 g/mol. The van der Waals surface area contributed by atoms with Crippen molar-refractivity contribution in [1.82, 2.24) is 0 Å². The molecule has 0 aromatic heterocycles. The van der Waals surface area contributed by atoms with Crippen LogP contribution in [-0.4, -0.2) is 16.8 Å². The van der Waals surface area contributed by atoms with Gasteiger partial charge in [0.25, 0.3) is 0 Å². The molecule has 0 aliphatic heterocycles. The third-order valence-electron chi connectivity index (χ3n) is 2.78. The van der Waals surface area contributed by atoms with E-state index in [-0.39, 0.29) is 13.2 Å². The van der Waals surface area contributed by atoms with Crippen molar-refractivity contribution >= 4 is 11.4 Å². The summed E-state index contributed by atoms with van der Waals surface area (Å²) in [6.07, 6.45) is 0.686. The first-order chi connectivity index (χ1) is 8.81. The molecule has 0 atom stereocenters.